The van der Waals surface area contributed by atoms with Crippen molar-refractivity contribution >= 4 is 12.5 Å². The van der Waals surface area contributed by atoms with Crippen molar-refractivity contribution in [2.75, 3.05) is 13.2 Å². The van der Waals surface area contributed by atoms with Crippen LogP contribution in [0.4, 0.5) is 4.79 Å². The van der Waals surface area contributed by atoms with Crippen molar-refractivity contribution in [1.82, 2.24) is 0 Å². The highest BCUT2D eigenvalue weighted by molar-refractivity contribution is 5.64. The fourth-order valence-corrected chi connectivity index (χ4v) is 4.32. The molecule has 2 aliphatic carbocycles. The number of hydrogen-bond acceptors (Lipinski definition) is 3. The van der Waals surface area contributed by atoms with Gasteiger partial charge in [-0.15, -0.1) is 0 Å². The predicted octanol–water partition coefficient (Wildman–Crippen LogP) is 2.72. The summed E-state index contributed by atoms with van der Waals surface area (Å²) >= 11 is 0. The topological polar surface area (TPSA) is 69.4 Å². The maximum absolute atomic E-state index is 12.1. The SMILES string of the molecule is NC(=O)OCC[N+](C=O)(C1CCCCC1)C1CCCCC1. The lowest BCUT2D eigenvalue weighted by atomic mass is 9.86. The van der Waals surface area contributed by atoms with E-state index < -0.39 is 6.09 Å². The van der Waals surface area contributed by atoms with E-state index in [0.717, 1.165) is 32.1 Å². The van der Waals surface area contributed by atoms with Gasteiger partial charge in [0.2, 0.25) is 0 Å². The van der Waals surface area contributed by atoms with Gasteiger partial charge in [-0.3, -0.25) is 4.48 Å². The third-order valence-corrected chi connectivity index (χ3v) is 5.43. The molecule has 0 unspecified atom stereocenters. The molecule has 2 saturated carbocycles. The number of carbonyl (C=O) groups is 2. The van der Waals surface area contributed by atoms with E-state index in [4.69, 9.17) is 10.5 Å². The number of amides is 2. The Morgan fingerprint density at radius 3 is 1.86 bits per heavy atom. The molecular formula is C16H29N2O3+. The summed E-state index contributed by atoms with van der Waals surface area (Å²) in [4.78, 5) is 22.9. The maximum atomic E-state index is 12.1. The van der Waals surface area contributed by atoms with Gasteiger partial charge < -0.3 is 10.5 Å². The molecule has 21 heavy (non-hydrogen) atoms. The molecule has 2 rings (SSSR count). The van der Waals surface area contributed by atoms with Gasteiger partial charge in [-0.1, -0.05) is 12.8 Å². The van der Waals surface area contributed by atoms with Crippen LogP contribution in [-0.4, -0.2) is 42.2 Å². The van der Waals surface area contributed by atoms with Crippen molar-refractivity contribution in [3.05, 3.63) is 0 Å². The van der Waals surface area contributed by atoms with Crippen molar-refractivity contribution < 1.29 is 18.8 Å². The Bertz CT molecular complexity index is 329. The Hall–Kier alpha value is -1.10. The quantitative estimate of drug-likeness (QED) is 0.605. The zero-order chi connectivity index (χ0) is 15.1. The highest BCUT2D eigenvalue weighted by Gasteiger charge is 2.44. The number of quaternary nitrogens is 1. The molecule has 0 radical (unpaired) electrons. The van der Waals surface area contributed by atoms with Crippen molar-refractivity contribution in [2.45, 2.75) is 76.3 Å². The van der Waals surface area contributed by atoms with E-state index in [2.05, 4.69) is 0 Å². The standard InChI is InChI=1S/C16H28N2O3/c17-16(20)21-12-11-18(13-19,14-7-3-1-4-8-14)15-9-5-2-6-10-15/h13-15H,1-12H2,(H-,17,20)/p+1. The maximum Gasteiger partial charge on any atom is 0.404 e. The van der Waals surface area contributed by atoms with Gasteiger partial charge >= 0.3 is 12.5 Å². The fourth-order valence-electron chi connectivity index (χ4n) is 4.32. The molecule has 0 aromatic rings. The first-order valence-electron chi connectivity index (χ1n) is 8.45. The molecule has 5 nitrogen and oxygen atoms in total. The van der Waals surface area contributed by atoms with Crippen molar-refractivity contribution in [1.29, 1.82) is 0 Å². The van der Waals surface area contributed by atoms with Gasteiger partial charge in [0, 0.05) is 0 Å². The van der Waals surface area contributed by atoms with Gasteiger partial charge in [-0.05, 0) is 51.4 Å². The highest BCUT2D eigenvalue weighted by Crippen LogP contribution is 2.35. The predicted molar refractivity (Wildman–Crippen MR) is 80.5 cm³/mol. The molecule has 0 bridgehead atoms. The second-order valence-electron chi connectivity index (χ2n) is 6.58. The Morgan fingerprint density at radius 1 is 1.00 bits per heavy atom. The molecule has 0 saturated heterocycles. The molecule has 2 amide bonds. The van der Waals surface area contributed by atoms with Gasteiger partial charge in [0.1, 0.15) is 13.2 Å². The number of hydrogen-bond donors (Lipinski definition) is 1. The lowest BCUT2D eigenvalue weighted by molar-refractivity contribution is -0.898. The lowest BCUT2D eigenvalue weighted by Gasteiger charge is -2.47. The molecule has 2 fully saturated rings. The first kappa shape index (κ1) is 16.3. The van der Waals surface area contributed by atoms with Crippen LogP contribution in [0.1, 0.15) is 64.2 Å². The summed E-state index contributed by atoms with van der Waals surface area (Å²) in [5, 5.41) is 0. The zero-order valence-corrected chi connectivity index (χ0v) is 13.0. The van der Waals surface area contributed by atoms with Crippen LogP contribution >= 0.6 is 0 Å². The summed E-state index contributed by atoms with van der Waals surface area (Å²) in [5.41, 5.74) is 5.06. The largest absolute Gasteiger partial charge is 0.444 e. The number of nitrogens with zero attached hydrogens (tertiary/aromatic N) is 1. The van der Waals surface area contributed by atoms with Crippen LogP contribution in [-0.2, 0) is 9.53 Å². The number of ether oxygens (including phenoxy) is 1. The smallest absolute Gasteiger partial charge is 0.404 e. The molecule has 0 atom stereocenters. The summed E-state index contributed by atoms with van der Waals surface area (Å²) in [7, 11) is 0. The van der Waals surface area contributed by atoms with Crippen LogP contribution < -0.4 is 5.73 Å². The lowest BCUT2D eigenvalue weighted by Crippen LogP contribution is -2.63. The fraction of sp³-hybridized carbons (Fsp3) is 0.875. The molecule has 120 valence electrons. The number of primary amides is 1. The van der Waals surface area contributed by atoms with Crippen molar-refractivity contribution in [2.24, 2.45) is 5.73 Å². The van der Waals surface area contributed by atoms with Crippen LogP contribution in [0.3, 0.4) is 0 Å². The van der Waals surface area contributed by atoms with E-state index in [0.29, 0.717) is 23.1 Å². The van der Waals surface area contributed by atoms with Crippen LogP contribution in [0.15, 0.2) is 0 Å². The van der Waals surface area contributed by atoms with E-state index in [-0.39, 0.29) is 6.61 Å². The first-order valence-corrected chi connectivity index (χ1v) is 8.45. The van der Waals surface area contributed by atoms with E-state index in [1.165, 1.54) is 38.5 Å². The third-order valence-electron chi connectivity index (χ3n) is 5.43. The average Bonchev–Trinajstić information content (AvgIpc) is 2.53. The average molecular weight is 297 g/mol. The van der Waals surface area contributed by atoms with Gasteiger partial charge in [0.25, 0.3) is 0 Å². The van der Waals surface area contributed by atoms with Crippen molar-refractivity contribution in [3.8, 4) is 0 Å². The van der Waals surface area contributed by atoms with Crippen LogP contribution in [0.25, 0.3) is 0 Å². The number of nitrogens with two attached hydrogens (primary N) is 1. The minimum atomic E-state index is -0.744. The molecule has 2 N–H and O–H groups in total. The highest BCUT2D eigenvalue weighted by atomic mass is 16.5. The molecule has 0 spiro atoms. The normalized spacial score (nSPS) is 21.9. The van der Waals surface area contributed by atoms with E-state index >= 15 is 0 Å². The van der Waals surface area contributed by atoms with Gasteiger partial charge in [0.05, 0.1) is 12.1 Å². The Balaban J connectivity index is 2.12. The monoisotopic (exact) mass is 297 g/mol. The Labute approximate surface area is 127 Å². The summed E-state index contributed by atoms with van der Waals surface area (Å²) < 4.78 is 5.44. The molecule has 0 aromatic carbocycles. The van der Waals surface area contributed by atoms with E-state index in [9.17, 15) is 9.59 Å². The zero-order valence-electron chi connectivity index (χ0n) is 13.0. The van der Waals surface area contributed by atoms with Crippen LogP contribution in [0, 0.1) is 0 Å². The van der Waals surface area contributed by atoms with E-state index in [1.807, 2.05) is 0 Å². The summed E-state index contributed by atoms with van der Waals surface area (Å²) in [6, 6.07) is 0.798. The number of carbonyl (C=O) groups excluding carboxylic acids is 2. The second kappa shape index (κ2) is 7.78. The van der Waals surface area contributed by atoms with Crippen LogP contribution in [0.5, 0.6) is 0 Å². The number of rotatable bonds is 6. The van der Waals surface area contributed by atoms with Gasteiger partial charge in [-0.25, -0.2) is 9.59 Å². The molecular weight excluding hydrogens is 268 g/mol. The summed E-state index contributed by atoms with van der Waals surface area (Å²) in [5.74, 6) is 0. The van der Waals surface area contributed by atoms with Crippen LogP contribution in [0.2, 0.25) is 0 Å². The summed E-state index contributed by atoms with van der Waals surface area (Å²) in [6.45, 7) is 0.836. The molecule has 0 aliphatic heterocycles. The molecule has 5 heteroatoms. The Morgan fingerprint density at radius 2 is 1.48 bits per heavy atom. The third kappa shape index (κ3) is 3.96. The van der Waals surface area contributed by atoms with Crippen molar-refractivity contribution in [3.63, 3.8) is 0 Å². The molecule has 0 aromatic heterocycles. The van der Waals surface area contributed by atoms with Gasteiger partial charge in [0.15, 0.2) is 0 Å². The minimum absolute atomic E-state index is 0.251. The molecule has 0 heterocycles. The van der Waals surface area contributed by atoms with E-state index in [1.54, 1.807) is 0 Å². The minimum Gasteiger partial charge on any atom is -0.444 e. The molecule has 2 aliphatic rings. The Kier molecular flexibility index (Phi) is 6.03. The van der Waals surface area contributed by atoms with Gasteiger partial charge in [-0.2, -0.15) is 0 Å². The first-order chi connectivity index (χ1) is 10.2. The summed E-state index contributed by atoms with van der Waals surface area (Å²) in [6.07, 6.45) is 12.3. The second-order valence-corrected chi connectivity index (χ2v) is 6.58.